The number of rotatable bonds is 4. The Morgan fingerprint density at radius 1 is 1.29 bits per heavy atom. The first-order valence-corrected chi connectivity index (χ1v) is 9.88. The van der Waals surface area contributed by atoms with E-state index < -0.39 is 0 Å². The lowest BCUT2D eigenvalue weighted by Gasteiger charge is -2.35. The van der Waals surface area contributed by atoms with Gasteiger partial charge in [-0.2, -0.15) is 0 Å². The Labute approximate surface area is 165 Å². The summed E-state index contributed by atoms with van der Waals surface area (Å²) in [6.45, 7) is 3.82. The summed E-state index contributed by atoms with van der Waals surface area (Å²) in [6.07, 6.45) is 7.09. The number of benzene rings is 1. The summed E-state index contributed by atoms with van der Waals surface area (Å²) in [5.74, 6) is 0.777. The Kier molecular flexibility index (Phi) is 5.13. The molecule has 6 heteroatoms. The molecule has 4 rings (SSSR count). The van der Waals surface area contributed by atoms with Crippen molar-refractivity contribution in [3.8, 4) is 0 Å². The molecular formula is C22H27N5O. The maximum absolute atomic E-state index is 12.3. The molecule has 2 aromatic heterocycles. The third-order valence-electron chi connectivity index (χ3n) is 5.55. The van der Waals surface area contributed by atoms with E-state index >= 15 is 0 Å². The zero-order chi connectivity index (χ0) is 19.7. The molecule has 0 aliphatic carbocycles. The van der Waals surface area contributed by atoms with Crippen molar-refractivity contribution in [3.63, 3.8) is 0 Å². The van der Waals surface area contributed by atoms with E-state index in [1.165, 1.54) is 29.3 Å². The lowest BCUT2D eigenvalue weighted by Crippen LogP contribution is -2.34. The minimum absolute atomic E-state index is 0.0515. The van der Waals surface area contributed by atoms with Gasteiger partial charge in [0.2, 0.25) is 0 Å². The summed E-state index contributed by atoms with van der Waals surface area (Å²) in [7, 11) is 3.50. The summed E-state index contributed by atoms with van der Waals surface area (Å²) >= 11 is 0. The lowest BCUT2D eigenvalue weighted by atomic mass is 10.00. The number of H-pyrrole nitrogens is 1. The van der Waals surface area contributed by atoms with Gasteiger partial charge in [0.05, 0.1) is 17.3 Å². The largest absolute Gasteiger partial charge is 0.361 e. The topological polar surface area (TPSA) is 65.1 Å². The van der Waals surface area contributed by atoms with Crippen LogP contribution in [0, 0.1) is 6.92 Å². The van der Waals surface area contributed by atoms with Gasteiger partial charge in [-0.05, 0) is 55.5 Å². The van der Waals surface area contributed by atoms with E-state index in [2.05, 4.69) is 39.1 Å². The summed E-state index contributed by atoms with van der Waals surface area (Å²) < 4.78 is 0. The minimum atomic E-state index is -0.0515. The number of likely N-dealkylation sites (tertiary alicyclic amines) is 1. The first kappa shape index (κ1) is 18.6. The number of carbonyl (C=O) groups is 1. The molecule has 0 spiro atoms. The van der Waals surface area contributed by atoms with Crippen LogP contribution in [-0.2, 0) is 6.54 Å². The molecule has 1 aliphatic heterocycles. The van der Waals surface area contributed by atoms with Crippen molar-refractivity contribution in [1.82, 2.24) is 24.8 Å². The highest BCUT2D eigenvalue weighted by molar-refractivity contribution is 5.94. The van der Waals surface area contributed by atoms with Crippen LogP contribution in [0.3, 0.4) is 0 Å². The number of aryl methyl sites for hydroxylation is 1. The van der Waals surface area contributed by atoms with Crippen LogP contribution in [0.1, 0.15) is 52.7 Å². The number of nitrogens with one attached hydrogen (secondary N) is 1. The third kappa shape index (κ3) is 3.64. The average Bonchev–Trinajstić information content (AvgIpc) is 3.15. The number of amides is 1. The normalized spacial score (nSPS) is 17.8. The first-order chi connectivity index (χ1) is 13.5. The van der Waals surface area contributed by atoms with Crippen molar-refractivity contribution in [3.05, 3.63) is 59.3 Å². The average molecular weight is 377 g/mol. The first-order valence-electron chi connectivity index (χ1n) is 9.88. The Morgan fingerprint density at radius 2 is 2.14 bits per heavy atom. The van der Waals surface area contributed by atoms with Gasteiger partial charge in [-0.3, -0.25) is 9.69 Å². The molecule has 1 aromatic carbocycles. The molecule has 146 valence electrons. The molecule has 0 saturated carbocycles. The molecule has 0 unspecified atom stereocenters. The monoisotopic (exact) mass is 377 g/mol. The number of hydrogen-bond acceptors (Lipinski definition) is 4. The highest BCUT2D eigenvalue weighted by Crippen LogP contribution is 2.31. The second-order valence-corrected chi connectivity index (χ2v) is 7.81. The number of aromatic nitrogens is 3. The lowest BCUT2D eigenvalue weighted by molar-refractivity contribution is 0.0825. The van der Waals surface area contributed by atoms with E-state index in [4.69, 9.17) is 4.98 Å². The van der Waals surface area contributed by atoms with Gasteiger partial charge in [-0.1, -0.05) is 12.5 Å². The molecule has 6 nitrogen and oxygen atoms in total. The van der Waals surface area contributed by atoms with Gasteiger partial charge in [0.15, 0.2) is 0 Å². The highest BCUT2D eigenvalue weighted by Gasteiger charge is 2.27. The molecule has 3 aromatic rings. The number of nitrogens with zero attached hydrogens (tertiary/aromatic N) is 4. The fourth-order valence-corrected chi connectivity index (χ4v) is 4.00. The van der Waals surface area contributed by atoms with Crippen LogP contribution in [-0.4, -0.2) is 51.3 Å². The number of aromatic amines is 1. The molecule has 0 bridgehead atoms. The van der Waals surface area contributed by atoms with Gasteiger partial charge in [0.1, 0.15) is 5.82 Å². The second kappa shape index (κ2) is 7.72. The molecule has 0 radical (unpaired) electrons. The van der Waals surface area contributed by atoms with Gasteiger partial charge in [-0.25, -0.2) is 9.97 Å². The molecule has 1 saturated heterocycles. The number of carbonyl (C=O) groups excluding carboxylic acids is 1. The van der Waals surface area contributed by atoms with Gasteiger partial charge in [0.25, 0.3) is 5.91 Å². The van der Waals surface area contributed by atoms with Crippen LogP contribution in [0.2, 0.25) is 0 Å². The van der Waals surface area contributed by atoms with Gasteiger partial charge in [0, 0.05) is 38.6 Å². The van der Waals surface area contributed by atoms with E-state index in [-0.39, 0.29) is 11.9 Å². The van der Waals surface area contributed by atoms with Crippen molar-refractivity contribution in [2.75, 3.05) is 20.6 Å². The summed E-state index contributed by atoms with van der Waals surface area (Å²) in [6, 6.07) is 8.89. The summed E-state index contributed by atoms with van der Waals surface area (Å²) in [5.41, 5.74) is 3.80. The predicted molar refractivity (Wildman–Crippen MR) is 110 cm³/mol. The molecule has 1 amide bonds. The van der Waals surface area contributed by atoms with Crippen LogP contribution in [0.4, 0.5) is 0 Å². The van der Waals surface area contributed by atoms with E-state index in [1.807, 2.05) is 13.1 Å². The molecule has 1 aliphatic rings. The smallest absolute Gasteiger partial charge is 0.256 e. The van der Waals surface area contributed by atoms with Gasteiger partial charge >= 0.3 is 0 Å². The Morgan fingerprint density at radius 3 is 2.93 bits per heavy atom. The number of piperidine rings is 1. The van der Waals surface area contributed by atoms with E-state index in [1.54, 1.807) is 25.2 Å². The van der Waals surface area contributed by atoms with Crippen molar-refractivity contribution in [1.29, 1.82) is 0 Å². The molecule has 3 heterocycles. The maximum atomic E-state index is 12.3. The number of fused-ring (bicyclic) bond motifs is 1. The van der Waals surface area contributed by atoms with Crippen molar-refractivity contribution < 1.29 is 4.79 Å². The molecule has 28 heavy (non-hydrogen) atoms. The predicted octanol–water partition coefficient (Wildman–Crippen LogP) is 3.70. The third-order valence-corrected chi connectivity index (χ3v) is 5.55. The second-order valence-electron chi connectivity index (χ2n) is 7.81. The minimum Gasteiger partial charge on any atom is -0.361 e. The SMILES string of the molecule is Cc1nc([C@@H]2CCCCN2Cc2ccc3[nH]ccc3c2)ncc1C(=O)N(C)C. The van der Waals surface area contributed by atoms with E-state index in [9.17, 15) is 4.79 Å². The van der Waals surface area contributed by atoms with Crippen molar-refractivity contribution >= 4 is 16.8 Å². The van der Waals surface area contributed by atoms with E-state index in [0.29, 0.717) is 5.56 Å². The maximum Gasteiger partial charge on any atom is 0.256 e. The van der Waals surface area contributed by atoms with Gasteiger partial charge in [-0.15, -0.1) is 0 Å². The van der Waals surface area contributed by atoms with Crippen molar-refractivity contribution in [2.24, 2.45) is 0 Å². The Balaban J connectivity index is 1.58. The quantitative estimate of drug-likeness (QED) is 0.753. The molecule has 1 N–H and O–H groups in total. The Bertz CT molecular complexity index is 994. The fraction of sp³-hybridized carbons (Fsp3) is 0.409. The van der Waals surface area contributed by atoms with Crippen LogP contribution < -0.4 is 0 Å². The summed E-state index contributed by atoms with van der Waals surface area (Å²) in [5, 5.41) is 1.24. The summed E-state index contributed by atoms with van der Waals surface area (Å²) in [4.78, 5) is 28.9. The van der Waals surface area contributed by atoms with Crippen molar-refractivity contribution in [2.45, 2.75) is 38.8 Å². The Hall–Kier alpha value is -2.73. The van der Waals surface area contributed by atoms with E-state index in [0.717, 1.165) is 31.0 Å². The molecule has 1 atom stereocenters. The highest BCUT2D eigenvalue weighted by atomic mass is 16.2. The zero-order valence-electron chi connectivity index (χ0n) is 16.8. The van der Waals surface area contributed by atoms with Crippen LogP contribution in [0.25, 0.3) is 10.9 Å². The zero-order valence-corrected chi connectivity index (χ0v) is 16.8. The van der Waals surface area contributed by atoms with Crippen LogP contribution >= 0.6 is 0 Å². The fourth-order valence-electron chi connectivity index (χ4n) is 4.00. The number of hydrogen-bond donors (Lipinski definition) is 1. The molecular weight excluding hydrogens is 350 g/mol. The molecule has 1 fully saturated rings. The van der Waals surface area contributed by atoms with Gasteiger partial charge < -0.3 is 9.88 Å². The van der Waals surface area contributed by atoms with Crippen LogP contribution in [0.15, 0.2) is 36.7 Å². The van der Waals surface area contributed by atoms with Crippen LogP contribution in [0.5, 0.6) is 0 Å². The standard InChI is InChI=1S/C22H27N5O/c1-15-18(22(28)26(2)3)13-24-21(25-15)20-6-4-5-11-27(20)14-16-7-8-19-17(12-16)9-10-23-19/h7-10,12-13,20,23H,4-6,11,14H2,1-3H3/t20-/m0/s1.